The molecule has 0 unspecified atom stereocenters. The van der Waals surface area contributed by atoms with Crippen LogP contribution < -0.4 is 14.8 Å². The van der Waals surface area contributed by atoms with Crippen LogP contribution >= 0.6 is 0 Å². The number of nitro groups is 2. The van der Waals surface area contributed by atoms with Gasteiger partial charge < -0.3 is 24.3 Å². The van der Waals surface area contributed by atoms with Gasteiger partial charge in [0.15, 0.2) is 11.2 Å². The van der Waals surface area contributed by atoms with Gasteiger partial charge in [-0.05, 0) is 22.6 Å². The number of non-ortho nitro benzene ring substituents is 2. The summed E-state index contributed by atoms with van der Waals surface area (Å²) in [4.78, 5) is 32.8. The van der Waals surface area contributed by atoms with Crippen LogP contribution in [0.1, 0.15) is 31.5 Å². The van der Waals surface area contributed by atoms with Gasteiger partial charge in [-0.1, -0.05) is 0 Å². The number of fused-ring (bicyclic) bond motifs is 5. The second-order valence-electron chi connectivity index (χ2n) is 9.63. The Morgan fingerprint density at radius 2 is 1.40 bits per heavy atom. The van der Waals surface area contributed by atoms with Crippen LogP contribution in [0, 0.1) is 20.2 Å². The largest absolute Gasteiger partial charge is 0.477 e. The topological polar surface area (TPSA) is 196 Å². The zero-order chi connectivity index (χ0) is 27.9. The number of anilines is 1. The van der Waals surface area contributed by atoms with Crippen LogP contribution in [0.2, 0.25) is 0 Å². The summed E-state index contributed by atoms with van der Waals surface area (Å²) >= 11 is 0. The van der Waals surface area contributed by atoms with Gasteiger partial charge in [0.05, 0.1) is 42.0 Å². The molecule has 2 aromatic carbocycles. The van der Waals surface area contributed by atoms with Gasteiger partial charge in [-0.25, -0.2) is 0 Å². The first kappa shape index (κ1) is 25.6. The Morgan fingerprint density at radius 1 is 0.825 bits per heavy atom. The molecule has 1 N–H and O–H groups in total. The first-order chi connectivity index (χ1) is 19.3. The zero-order valence-electron chi connectivity index (χ0n) is 21.0. The maximum Gasteiger partial charge on any atom is 0.271 e. The minimum absolute atomic E-state index is 0.0262. The van der Waals surface area contributed by atoms with E-state index in [2.05, 4.69) is 20.8 Å². The molecule has 4 aliphatic rings. The second-order valence-corrected chi connectivity index (χ2v) is 9.63. The van der Waals surface area contributed by atoms with Crippen molar-refractivity contribution in [1.82, 2.24) is 20.2 Å². The molecule has 5 heterocycles. The van der Waals surface area contributed by atoms with Gasteiger partial charge in [0.1, 0.15) is 17.2 Å². The van der Waals surface area contributed by atoms with Crippen LogP contribution in [-0.2, 0) is 19.9 Å². The fourth-order valence-electron chi connectivity index (χ4n) is 5.13. The molecule has 0 atom stereocenters. The van der Waals surface area contributed by atoms with Crippen molar-refractivity contribution in [1.29, 1.82) is 0 Å². The van der Waals surface area contributed by atoms with E-state index in [9.17, 15) is 25.0 Å². The Hall–Kier alpha value is -4.70. The molecule has 0 saturated carbocycles. The van der Waals surface area contributed by atoms with Gasteiger partial charge in [0, 0.05) is 49.9 Å². The fourth-order valence-corrected chi connectivity index (χ4v) is 5.13. The number of amides is 1. The maximum absolute atomic E-state index is 12.2. The molecule has 2 fully saturated rings. The summed E-state index contributed by atoms with van der Waals surface area (Å²) in [7, 11) is 0. The molecule has 2 saturated heterocycles. The SMILES string of the molecule is O=C1Nc2cc([N+](=O)[O-])ccc2OC12CCOCC2.O=[N+]([O-])c1ccc2c(c1)-n1nnnc1C1(CCOCC1)O2. The predicted octanol–water partition coefficient (Wildman–Crippen LogP) is 2.44. The average molecular weight is 553 g/mol. The molecular formula is C24H23N7O9. The quantitative estimate of drug-likeness (QED) is 0.360. The summed E-state index contributed by atoms with van der Waals surface area (Å²) in [5.74, 6) is 1.32. The van der Waals surface area contributed by atoms with Crippen molar-refractivity contribution in [3.63, 3.8) is 0 Å². The lowest BCUT2D eigenvalue weighted by Crippen LogP contribution is -2.54. The molecule has 16 heteroatoms. The van der Waals surface area contributed by atoms with E-state index in [1.54, 1.807) is 6.07 Å². The number of carbonyl (C=O) groups is 1. The third-order valence-electron chi connectivity index (χ3n) is 7.31. The van der Waals surface area contributed by atoms with Crippen LogP contribution in [0.4, 0.5) is 17.1 Å². The van der Waals surface area contributed by atoms with E-state index < -0.39 is 21.0 Å². The van der Waals surface area contributed by atoms with Gasteiger partial charge in [-0.3, -0.25) is 25.0 Å². The zero-order valence-corrected chi connectivity index (χ0v) is 21.0. The average Bonchev–Trinajstić information content (AvgIpc) is 3.46. The second kappa shape index (κ2) is 9.80. The fraction of sp³-hybridized carbons (Fsp3) is 0.417. The molecule has 2 spiro atoms. The predicted molar refractivity (Wildman–Crippen MR) is 133 cm³/mol. The van der Waals surface area contributed by atoms with Crippen LogP contribution in [0.25, 0.3) is 5.69 Å². The molecule has 0 bridgehead atoms. The number of carbonyl (C=O) groups excluding carboxylic acids is 1. The summed E-state index contributed by atoms with van der Waals surface area (Å²) in [6.07, 6.45) is 2.25. The number of nitrogens with one attached hydrogen (secondary N) is 1. The molecule has 0 radical (unpaired) electrons. The number of hydrogen-bond donors (Lipinski definition) is 1. The van der Waals surface area contributed by atoms with E-state index in [1.165, 1.54) is 35.0 Å². The summed E-state index contributed by atoms with van der Waals surface area (Å²) < 4.78 is 24.0. The van der Waals surface area contributed by atoms with Crippen molar-refractivity contribution in [2.45, 2.75) is 36.9 Å². The van der Waals surface area contributed by atoms with Gasteiger partial charge in [0.25, 0.3) is 17.3 Å². The van der Waals surface area contributed by atoms with Crippen LogP contribution in [0.5, 0.6) is 11.5 Å². The lowest BCUT2D eigenvalue weighted by Gasteiger charge is -2.39. The summed E-state index contributed by atoms with van der Waals surface area (Å²) in [5, 5.41) is 36.0. The third kappa shape index (κ3) is 4.36. The third-order valence-corrected chi connectivity index (χ3v) is 7.31. The summed E-state index contributed by atoms with van der Waals surface area (Å²) in [5.41, 5.74) is -0.795. The number of aromatic nitrogens is 4. The number of benzene rings is 2. The van der Waals surface area contributed by atoms with E-state index in [4.69, 9.17) is 18.9 Å². The Labute approximate surface area is 225 Å². The highest BCUT2D eigenvalue weighted by molar-refractivity contribution is 6.01. The van der Waals surface area contributed by atoms with E-state index in [-0.39, 0.29) is 17.3 Å². The van der Waals surface area contributed by atoms with Crippen molar-refractivity contribution < 1.29 is 33.6 Å². The number of tetrazole rings is 1. The smallest absolute Gasteiger partial charge is 0.271 e. The highest BCUT2D eigenvalue weighted by Crippen LogP contribution is 2.44. The minimum Gasteiger partial charge on any atom is -0.477 e. The van der Waals surface area contributed by atoms with E-state index in [0.717, 1.165) is 0 Å². The van der Waals surface area contributed by atoms with Gasteiger partial charge in [0.2, 0.25) is 5.82 Å². The molecule has 4 aliphatic heterocycles. The van der Waals surface area contributed by atoms with Gasteiger partial charge >= 0.3 is 0 Å². The van der Waals surface area contributed by atoms with Crippen molar-refractivity contribution >= 4 is 23.0 Å². The molecule has 0 aliphatic carbocycles. The van der Waals surface area contributed by atoms with Crippen molar-refractivity contribution in [3.05, 3.63) is 62.5 Å². The molecule has 7 rings (SSSR count). The Balaban J connectivity index is 0.000000145. The standard InChI is InChI=1S/C12H11N5O4.C12H12N2O5/c18-17(19)8-1-2-10-9(7-8)16-11(13-14-15-16)12(21-10)3-5-20-6-4-12;15-11-12(3-5-18-6-4-12)19-10-2-1-8(14(16)17)7-9(10)13-11/h1-2,7H,3-6H2;1-2,7H,3-6H2,(H,13,15). The minimum atomic E-state index is -0.901. The molecule has 3 aromatic rings. The lowest BCUT2D eigenvalue weighted by atomic mass is 9.91. The normalized spacial score (nSPS) is 19.4. The molecule has 1 aromatic heterocycles. The maximum atomic E-state index is 12.2. The number of nitrogens with zero attached hydrogens (tertiary/aromatic N) is 6. The molecule has 1 amide bonds. The highest BCUT2D eigenvalue weighted by atomic mass is 16.6. The molecule has 40 heavy (non-hydrogen) atoms. The van der Waals surface area contributed by atoms with Gasteiger partial charge in [-0.2, -0.15) is 4.68 Å². The Kier molecular flexibility index (Phi) is 6.26. The van der Waals surface area contributed by atoms with Crippen molar-refractivity contribution in [2.24, 2.45) is 0 Å². The first-order valence-electron chi connectivity index (χ1n) is 12.5. The van der Waals surface area contributed by atoms with Crippen LogP contribution in [-0.4, -0.2) is 68.0 Å². The number of rotatable bonds is 2. The number of nitro benzene ring substituents is 2. The summed E-state index contributed by atoms with van der Waals surface area (Å²) in [6.45, 7) is 2.07. The van der Waals surface area contributed by atoms with E-state index >= 15 is 0 Å². The molecule has 208 valence electrons. The Bertz CT molecular complexity index is 1500. The van der Waals surface area contributed by atoms with Crippen LogP contribution in [0.15, 0.2) is 36.4 Å². The van der Waals surface area contributed by atoms with Gasteiger partial charge in [-0.15, -0.1) is 5.10 Å². The Morgan fingerprint density at radius 3 is 2.05 bits per heavy atom. The number of ether oxygens (including phenoxy) is 4. The highest BCUT2D eigenvalue weighted by Gasteiger charge is 2.47. The van der Waals surface area contributed by atoms with Crippen molar-refractivity contribution in [2.75, 3.05) is 31.7 Å². The van der Waals surface area contributed by atoms with E-state index in [0.29, 0.717) is 80.8 Å². The molecule has 16 nitrogen and oxygen atoms in total. The monoisotopic (exact) mass is 553 g/mol. The molecular weight excluding hydrogens is 530 g/mol. The first-order valence-corrected chi connectivity index (χ1v) is 12.5. The van der Waals surface area contributed by atoms with Crippen molar-refractivity contribution in [3.8, 4) is 17.2 Å². The lowest BCUT2D eigenvalue weighted by molar-refractivity contribution is -0.385. The van der Waals surface area contributed by atoms with Crippen LogP contribution in [0.3, 0.4) is 0 Å². The van der Waals surface area contributed by atoms with E-state index in [1.807, 2.05) is 0 Å². The number of hydrogen-bond acceptors (Lipinski definition) is 12. The summed E-state index contributed by atoms with van der Waals surface area (Å²) in [6, 6.07) is 8.62.